The van der Waals surface area contributed by atoms with Crippen molar-refractivity contribution in [2.45, 2.75) is 58.5 Å². The number of halogens is 1. The van der Waals surface area contributed by atoms with Gasteiger partial charge in [0, 0.05) is 29.1 Å². The van der Waals surface area contributed by atoms with Gasteiger partial charge in [-0.1, -0.05) is 66.8 Å². The average molecular weight is 407 g/mol. The minimum absolute atomic E-state index is 0.0808. The number of pyridine rings is 1. The van der Waals surface area contributed by atoms with Gasteiger partial charge in [0.05, 0.1) is 5.52 Å². The zero-order valence-electron chi connectivity index (χ0n) is 17.1. The van der Waals surface area contributed by atoms with Crippen LogP contribution in [0.25, 0.3) is 10.9 Å². The van der Waals surface area contributed by atoms with E-state index < -0.39 is 0 Å². The normalized spacial score (nSPS) is 14.9. The van der Waals surface area contributed by atoms with Gasteiger partial charge in [0.25, 0.3) is 5.91 Å². The first kappa shape index (κ1) is 19.9. The lowest BCUT2D eigenvalue weighted by Gasteiger charge is -2.35. The highest BCUT2D eigenvalue weighted by Crippen LogP contribution is 2.29. The van der Waals surface area contributed by atoms with E-state index in [9.17, 15) is 4.79 Å². The van der Waals surface area contributed by atoms with E-state index in [1.165, 1.54) is 19.3 Å². The van der Waals surface area contributed by atoms with Crippen LogP contribution in [0.2, 0.25) is 5.15 Å². The molecule has 29 heavy (non-hydrogen) atoms. The molecule has 1 aliphatic rings. The van der Waals surface area contributed by atoms with E-state index in [1.807, 2.05) is 55.1 Å². The minimum atomic E-state index is 0.0808. The standard InChI is InChI=1S/C25H27ClN2O/c1-17-11-13-19(14-12-17)25(29)28(22-9-4-3-5-10-22)16-21-15-20-8-6-7-18(2)23(20)27-24(21)26/h6-8,11-15,22H,3-5,9-10,16H2,1-2H3. The monoisotopic (exact) mass is 406 g/mol. The van der Waals surface area contributed by atoms with E-state index in [1.54, 1.807) is 0 Å². The molecule has 1 aliphatic carbocycles. The summed E-state index contributed by atoms with van der Waals surface area (Å²) in [5.74, 6) is 0.0808. The number of nitrogens with zero attached hydrogens (tertiary/aromatic N) is 2. The SMILES string of the molecule is Cc1ccc(C(=O)N(Cc2cc3cccc(C)c3nc2Cl)C2CCCCC2)cc1. The number of amides is 1. The molecule has 1 amide bonds. The Morgan fingerprint density at radius 3 is 2.52 bits per heavy atom. The molecule has 1 heterocycles. The first-order chi connectivity index (χ1) is 14.0. The van der Waals surface area contributed by atoms with Crippen LogP contribution in [0.15, 0.2) is 48.5 Å². The molecule has 0 aliphatic heterocycles. The zero-order valence-corrected chi connectivity index (χ0v) is 17.9. The Kier molecular flexibility index (Phi) is 5.86. The third-order valence-corrected chi connectivity index (χ3v) is 6.32. The molecule has 2 aromatic carbocycles. The third-order valence-electron chi connectivity index (χ3n) is 5.99. The summed E-state index contributed by atoms with van der Waals surface area (Å²) in [6.45, 7) is 4.57. The first-order valence-electron chi connectivity index (χ1n) is 10.5. The zero-order chi connectivity index (χ0) is 20.4. The molecule has 1 saturated carbocycles. The van der Waals surface area contributed by atoms with Crippen LogP contribution in [0.1, 0.15) is 59.2 Å². The van der Waals surface area contributed by atoms with Gasteiger partial charge in [-0.2, -0.15) is 0 Å². The minimum Gasteiger partial charge on any atom is -0.331 e. The number of carbonyl (C=O) groups excluding carboxylic acids is 1. The van der Waals surface area contributed by atoms with Crippen molar-refractivity contribution in [3.05, 3.63) is 75.9 Å². The number of fused-ring (bicyclic) bond motifs is 1. The molecule has 0 atom stereocenters. The average Bonchev–Trinajstić information content (AvgIpc) is 2.74. The second kappa shape index (κ2) is 8.54. The van der Waals surface area contributed by atoms with Crippen molar-refractivity contribution < 1.29 is 4.79 Å². The van der Waals surface area contributed by atoms with Gasteiger partial charge in [0.1, 0.15) is 5.15 Å². The predicted molar refractivity (Wildman–Crippen MR) is 119 cm³/mol. The summed E-state index contributed by atoms with van der Waals surface area (Å²) < 4.78 is 0. The number of benzene rings is 2. The van der Waals surface area contributed by atoms with Crippen LogP contribution in [-0.4, -0.2) is 21.8 Å². The Morgan fingerprint density at radius 2 is 1.79 bits per heavy atom. The quantitative estimate of drug-likeness (QED) is 0.464. The fourth-order valence-electron chi connectivity index (χ4n) is 4.28. The summed E-state index contributed by atoms with van der Waals surface area (Å²) >= 11 is 6.58. The molecule has 0 bridgehead atoms. The van der Waals surface area contributed by atoms with Crippen molar-refractivity contribution in [1.82, 2.24) is 9.88 Å². The summed E-state index contributed by atoms with van der Waals surface area (Å²) in [4.78, 5) is 20.1. The lowest BCUT2D eigenvalue weighted by atomic mass is 9.93. The van der Waals surface area contributed by atoms with Crippen molar-refractivity contribution in [3.8, 4) is 0 Å². The van der Waals surface area contributed by atoms with Crippen molar-refractivity contribution in [1.29, 1.82) is 0 Å². The van der Waals surface area contributed by atoms with Crippen LogP contribution in [0.4, 0.5) is 0 Å². The number of hydrogen-bond donors (Lipinski definition) is 0. The van der Waals surface area contributed by atoms with Gasteiger partial charge in [0.2, 0.25) is 0 Å². The van der Waals surface area contributed by atoms with Gasteiger partial charge in [-0.05, 0) is 50.5 Å². The van der Waals surface area contributed by atoms with Crippen molar-refractivity contribution in [2.75, 3.05) is 0 Å². The Labute approximate surface area is 177 Å². The maximum atomic E-state index is 13.5. The van der Waals surface area contributed by atoms with Crippen molar-refractivity contribution in [3.63, 3.8) is 0 Å². The van der Waals surface area contributed by atoms with Crippen LogP contribution in [0.5, 0.6) is 0 Å². The van der Waals surface area contributed by atoms with Crippen molar-refractivity contribution in [2.24, 2.45) is 0 Å². The van der Waals surface area contributed by atoms with Gasteiger partial charge < -0.3 is 4.90 Å². The third kappa shape index (κ3) is 4.30. The van der Waals surface area contributed by atoms with E-state index in [4.69, 9.17) is 11.6 Å². The smallest absolute Gasteiger partial charge is 0.254 e. The molecule has 1 aromatic heterocycles. The van der Waals surface area contributed by atoms with E-state index in [0.717, 1.165) is 46.0 Å². The number of para-hydroxylation sites is 1. The van der Waals surface area contributed by atoms with E-state index >= 15 is 0 Å². The highest BCUT2D eigenvalue weighted by Gasteiger charge is 2.27. The van der Waals surface area contributed by atoms with Gasteiger partial charge >= 0.3 is 0 Å². The molecular weight excluding hydrogens is 380 g/mol. The fraction of sp³-hybridized carbons (Fsp3) is 0.360. The Hall–Kier alpha value is -2.39. The van der Waals surface area contributed by atoms with Crippen LogP contribution >= 0.6 is 11.6 Å². The Morgan fingerprint density at radius 1 is 1.07 bits per heavy atom. The molecule has 3 aromatic rings. The number of aromatic nitrogens is 1. The van der Waals surface area contributed by atoms with Crippen LogP contribution < -0.4 is 0 Å². The van der Waals surface area contributed by atoms with Gasteiger partial charge in [-0.15, -0.1) is 0 Å². The summed E-state index contributed by atoms with van der Waals surface area (Å²) in [5.41, 5.74) is 4.84. The van der Waals surface area contributed by atoms with Crippen molar-refractivity contribution >= 4 is 28.4 Å². The highest BCUT2D eigenvalue weighted by atomic mass is 35.5. The number of hydrogen-bond acceptors (Lipinski definition) is 2. The molecule has 4 heteroatoms. The molecule has 3 nitrogen and oxygen atoms in total. The molecule has 0 spiro atoms. The van der Waals surface area contributed by atoms with Crippen LogP contribution in [-0.2, 0) is 6.54 Å². The van der Waals surface area contributed by atoms with Crippen LogP contribution in [0.3, 0.4) is 0 Å². The van der Waals surface area contributed by atoms with E-state index in [0.29, 0.717) is 11.7 Å². The lowest BCUT2D eigenvalue weighted by Crippen LogP contribution is -2.41. The molecule has 150 valence electrons. The second-order valence-electron chi connectivity index (χ2n) is 8.18. The maximum absolute atomic E-state index is 13.5. The largest absolute Gasteiger partial charge is 0.331 e. The van der Waals surface area contributed by atoms with Gasteiger partial charge in [-0.3, -0.25) is 4.79 Å². The molecule has 0 radical (unpaired) electrons. The van der Waals surface area contributed by atoms with E-state index in [2.05, 4.69) is 17.1 Å². The Balaban J connectivity index is 1.70. The Bertz CT molecular complexity index is 1020. The lowest BCUT2D eigenvalue weighted by molar-refractivity contribution is 0.0614. The summed E-state index contributed by atoms with van der Waals surface area (Å²) in [7, 11) is 0. The predicted octanol–water partition coefficient (Wildman–Crippen LogP) is 6.48. The molecule has 1 fully saturated rings. The van der Waals surface area contributed by atoms with E-state index in [-0.39, 0.29) is 11.9 Å². The number of carbonyl (C=O) groups is 1. The molecule has 0 N–H and O–H groups in total. The first-order valence-corrected chi connectivity index (χ1v) is 10.8. The maximum Gasteiger partial charge on any atom is 0.254 e. The topological polar surface area (TPSA) is 33.2 Å². The second-order valence-corrected chi connectivity index (χ2v) is 8.53. The fourth-order valence-corrected chi connectivity index (χ4v) is 4.48. The van der Waals surface area contributed by atoms with Gasteiger partial charge in [0.15, 0.2) is 0 Å². The molecule has 4 rings (SSSR count). The summed E-state index contributed by atoms with van der Waals surface area (Å²) in [5, 5.41) is 1.56. The summed E-state index contributed by atoms with van der Waals surface area (Å²) in [6, 6.07) is 16.3. The molecule has 0 unspecified atom stereocenters. The molecule has 0 saturated heterocycles. The number of rotatable bonds is 4. The highest BCUT2D eigenvalue weighted by molar-refractivity contribution is 6.30. The van der Waals surface area contributed by atoms with Crippen LogP contribution in [0, 0.1) is 13.8 Å². The summed E-state index contributed by atoms with van der Waals surface area (Å²) in [6.07, 6.45) is 5.70. The number of aryl methyl sites for hydroxylation is 2. The molecular formula is C25H27ClN2O. The van der Waals surface area contributed by atoms with Gasteiger partial charge in [-0.25, -0.2) is 4.98 Å².